The van der Waals surface area contributed by atoms with Crippen LogP contribution in [0.5, 0.6) is 0 Å². The minimum Gasteiger partial charge on any atom is -0.371 e. The molecule has 0 spiro atoms. The van der Waals surface area contributed by atoms with E-state index in [1.807, 2.05) is 11.3 Å². The summed E-state index contributed by atoms with van der Waals surface area (Å²) in [6.07, 6.45) is 5.59. The average molecular weight is 380 g/mol. The molecule has 6 heteroatoms. The summed E-state index contributed by atoms with van der Waals surface area (Å²) in [4.78, 5) is 6.52. The van der Waals surface area contributed by atoms with Gasteiger partial charge in [-0.3, -0.25) is 4.90 Å². The molecule has 140 valence electrons. The molecule has 0 aliphatic carbocycles. The second-order valence-electron chi connectivity index (χ2n) is 7.57. The van der Waals surface area contributed by atoms with Crippen LogP contribution in [0.4, 0.5) is 5.69 Å². The zero-order valence-corrected chi connectivity index (χ0v) is 16.3. The SMILES string of the molecule is c1ccc(N2CCC(n3cc(CN4CCc5sccc5C4)nn3)CC2)cc1. The van der Waals surface area contributed by atoms with Crippen LogP contribution in [0.1, 0.15) is 35.0 Å². The topological polar surface area (TPSA) is 37.2 Å². The van der Waals surface area contributed by atoms with E-state index in [0.717, 1.165) is 51.3 Å². The van der Waals surface area contributed by atoms with Gasteiger partial charge >= 0.3 is 0 Å². The van der Waals surface area contributed by atoms with Crippen LogP contribution in [-0.2, 0) is 19.5 Å². The van der Waals surface area contributed by atoms with Gasteiger partial charge in [-0.1, -0.05) is 23.4 Å². The van der Waals surface area contributed by atoms with Crippen LogP contribution in [0.3, 0.4) is 0 Å². The summed E-state index contributed by atoms with van der Waals surface area (Å²) in [6, 6.07) is 13.4. The molecule has 0 N–H and O–H groups in total. The van der Waals surface area contributed by atoms with Gasteiger partial charge in [0.25, 0.3) is 0 Å². The van der Waals surface area contributed by atoms with Gasteiger partial charge < -0.3 is 4.90 Å². The van der Waals surface area contributed by atoms with Crippen LogP contribution in [0.25, 0.3) is 0 Å². The molecule has 4 heterocycles. The Morgan fingerprint density at radius 3 is 2.74 bits per heavy atom. The van der Waals surface area contributed by atoms with Crippen molar-refractivity contribution in [3.63, 3.8) is 0 Å². The normalized spacial score (nSPS) is 18.6. The fourth-order valence-corrected chi connectivity index (χ4v) is 5.15. The second kappa shape index (κ2) is 7.44. The average Bonchev–Trinajstić information content (AvgIpc) is 3.38. The molecule has 5 rings (SSSR count). The van der Waals surface area contributed by atoms with E-state index in [2.05, 4.69) is 72.8 Å². The Morgan fingerprint density at radius 1 is 1.04 bits per heavy atom. The Hall–Kier alpha value is -2.18. The van der Waals surface area contributed by atoms with Crippen molar-refractivity contribution in [1.29, 1.82) is 0 Å². The van der Waals surface area contributed by atoms with Crippen molar-refractivity contribution in [1.82, 2.24) is 19.9 Å². The first-order valence-corrected chi connectivity index (χ1v) is 10.7. The van der Waals surface area contributed by atoms with Gasteiger partial charge in [0.05, 0.1) is 17.9 Å². The summed E-state index contributed by atoms with van der Waals surface area (Å²) >= 11 is 1.89. The Bertz CT molecular complexity index is 879. The Morgan fingerprint density at radius 2 is 1.89 bits per heavy atom. The van der Waals surface area contributed by atoms with Gasteiger partial charge in [0.1, 0.15) is 0 Å². The fourth-order valence-electron chi connectivity index (χ4n) is 4.26. The Kier molecular flexibility index (Phi) is 4.67. The number of fused-ring (bicyclic) bond motifs is 1. The van der Waals surface area contributed by atoms with E-state index in [4.69, 9.17) is 0 Å². The minimum absolute atomic E-state index is 0.469. The first kappa shape index (κ1) is 17.0. The first-order valence-electron chi connectivity index (χ1n) is 9.83. The van der Waals surface area contributed by atoms with Crippen LogP contribution in [0.15, 0.2) is 48.0 Å². The smallest absolute Gasteiger partial charge is 0.0967 e. The molecular weight excluding hydrogens is 354 g/mol. The molecule has 0 amide bonds. The summed E-state index contributed by atoms with van der Waals surface area (Å²) < 4.78 is 2.11. The number of hydrogen-bond acceptors (Lipinski definition) is 5. The summed E-state index contributed by atoms with van der Waals surface area (Å²) in [6.45, 7) is 5.23. The van der Waals surface area contributed by atoms with E-state index in [1.165, 1.54) is 17.7 Å². The number of piperidine rings is 1. The fraction of sp³-hybridized carbons (Fsp3) is 0.429. The van der Waals surface area contributed by atoms with Crippen LogP contribution < -0.4 is 4.90 Å². The van der Waals surface area contributed by atoms with Crippen molar-refractivity contribution in [2.75, 3.05) is 24.5 Å². The third-order valence-electron chi connectivity index (χ3n) is 5.79. The van der Waals surface area contributed by atoms with Crippen molar-refractivity contribution in [3.05, 3.63) is 64.1 Å². The van der Waals surface area contributed by atoms with Crippen molar-refractivity contribution in [2.24, 2.45) is 0 Å². The molecule has 0 unspecified atom stereocenters. The lowest BCUT2D eigenvalue weighted by Gasteiger charge is -2.33. The summed E-state index contributed by atoms with van der Waals surface area (Å²) in [5.74, 6) is 0. The van der Waals surface area contributed by atoms with Crippen molar-refractivity contribution in [3.8, 4) is 0 Å². The van der Waals surface area contributed by atoms with Gasteiger partial charge in [-0.15, -0.1) is 16.4 Å². The van der Waals surface area contributed by atoms with E-state index in [1.54, 1.807) is 4.88 Å². The molecule has 1 aromatic carbocycles. The lowest BCUT2D eigenvalue weighted by Crippen LogP contribution is -2.34. The Balaban J connectivity index is 1.18. The van der Waals surface area contributed by atoms with Crippen LogP contribution in [0, 0.1) is 0 Å². The number of hydrogen-bond donors (Lipinski definition) is 0. The molecule has 0 atom stereocenters. The molecule has 2 aromatic heterocycles. The van der Waals surface area contributed by atoms with E-state index >= 15 is 0 Å². The predicted octanol–water partition coefficient (Wildman–Crippen LogP) is 3.74. The molecule has 3 aromatic rings. The molecule has 0 bridgehead atoms. The third kappa shape index (κ3) is 3.64. The van der Waals surface area contributed by atoms with E-state index < -0.39 is 0 Å². The number of para-hydroxylation sites is 1. The molecule has 1 saturated heterocycles. The maximum atomic E-state index is 4.47. The number of anilines is 1. The summed E-state index contributed by atoms with van der Waals surface area (Å²) in [7, 11) is 0. The standard InChI is InChI=1S/C21H25N5S/c1-2-4-19(5-3-1)25-11-6-20(7-12-25)26-16-18(22-23-26)15-24-10-8-21-17(14-24)9-13-27-21/h1-5,9,13,16,20H,6-8,10-12,14-15H2. The van der Waals surface area contributed by atoms with Gasteiger partial charge in [-0.25, -0.2) is 4.68 Å². The highest BCUT2D eigenvalue weighted by Gasteiger charge is 2.23. The van der Waals surface area contributed by atoms with E-state index in [9.17, 15) is 0 Å². The van der Waals surface area contributed by atoms with Crippen molar-refractivity contribution in [2.45, 2.75) is 38.4 Å². The number of aromatic nitrogens is 3. The predicted molar refractivity (Wildman–Crippen MR) is 109 cm³/mol. The number of nitrogens with zero attached hydrogens (tertiary/aromatic N) is 5. The van der Waals surface area contributed by atoms with Crippen LogP contribution in [-0.4, -0.2) is 39.5 Å². The summed E-state index contributed by atoms with van der Waals surface area (Å²) in [5.41, 5.74) is 3.92. The third-order valence-corrected chi connectivity index (χ3v) is 6.81. The lowest BCUT2D eigenvalue weighted by molar-refractivity contribution is 0.244. The molecule has 0 radical (unpaired) electrons. The highest BCUT2D eigenvalue weighted by molar-refractivity contribution is 7.10. The Labute approximate surface area is 164 Å². The van der Waals surface area contributed by atoms with Gasteiger partial charge in [0.15, 0.2) is 0 Å². The largest absolute Gasteiger partial charge is 0.371 e. The van der Waals surface area contributed by atoms with Crippen LogP contribution in [0.2, 0.25) is 0 Å². The van der Waals surface area contributed by atoms with Gasteiger partial charge in [-0.2, -0.15) is 0 Å². The highest BCUT2D eigenvalue weighted by atomic mass is 32.1. The number of rotatable bonds is 4. The number of benzene rings is 1. The van der Waals surface area contributed by atoms with Gasteiger partial charge in [0, 0.05) is 43.3 Å². The molecule has 5 nitrogen and oxygen atoms in total. The zero-order chi connectivity index (χ0) is 18.1. The minimum atomic E-state index is 0.469. The van der Waals surface area contributed by atoms with Gasteiger partial charge in [-0.05, 0) is 48.4 Å². The molecule has 2 aliphatic heterocycles. The zero-order valence-electron chi connectivity index (χ0n) is 15.5. The molecule has 27 heavy (non-hydrogen) atoms. The summed E-state index contributed by atoms with van der Waals surface area (Å²) in [5, 5.41) is 11.1. The highest BCUT2D eigenvalue weighted by Crippen LogP contribution is 2.27. The van der Waals surface area contributed by atoms with E-state index in [0.29, 0.717) is 6.04 Å². The van der Waals surface area contributed by atoms with E-state index in [-0.39, 0.29) is 0 Å². The molecule has 1 fully saturated rings. The lowest BCUT2D eigenvalue weighted by atomic mass is 10.0. The first-order chi connectivity index (χ1) is 13.3. The molecule has 0 saturated carbocycles. The van der Waals surface area contributed by atoms with Crippen LogP contribution >= 0.6 is 11.3 Å². The maximum absolute atomic E-state index is 4.47. The second-order valence-corrected chi connectivity index (χ2v) is 8.57. The number of thiophene rings is 1. The quantitative estimate of drug-likeness (QED) is 0.692. The van der Waals surface area contributed by atoms with Crippen molar-refractivity contribution >= 4 is 17.0 Å². The molecular formula is C21H25N5S. The van der Waals surface area contributed by atoms with Gasteiger partial charge in [0.2, 0.25) is 0 Å². The monoisotopic (exact) mass is 379 g/mol. The maximum Gasteiger partial charge on any atom is 0.0967 e. The molecule has 2 aliphatic rings. The van der Waals surface area contributed by atoms with Crippen molar-refractivity contribution < 1.29 is 0 Å².